The second-order valence-corrected chi connectivity index (χ2v) is 2.91. The molecule has 0 aliphatic carbocycles. The molecule has 1 heterocycles. The van der Waals surface area contributed by atoms with Crippen LogP contribution in [0.15, 0.2) is 18.5 Å². The summed E-state index contributed by atoms with van der Waals surface area (Å²) in [4.78, 5) is 4.01. The SMILES string of the molecule is C#Cc1cncc(C(C)CC#N)c1.CC. The van der Waals surface area contributed by atoms with E-state index in [0.717, 1.165) is 11.1 Å². The summed E-state index contributed by atoms with van der Waals surface area (Å²) in [6, 6.07) is 4.02. The van der Waals surface area contributed by atoms with Crippen molar-refractivity contribution in [3.05, 3.63) is 29.6 Å². The molecule has 0 aliphatic rings. The number of nitriles is 1. The summed E-state index contributed by atoms with van der Waals surface area (Å²) in [6.07, 6.45) is 9.13. The summed E-state index contributed by atoms with van der Waals surface area (Å²) in [5.41, 5.74) is 1.79. The molecular formula is C13H16N2. The number of rotatable bonds is 2. The maximum absolute atomic E-state index is 8.51. The first-order valence-electron chi connectivity index (χ1n) is 5.06. The Labute approximate surface area is 92.0 Å². The first kappa shape index (κ1) is 13.2. The number of hydrogen-bond acceptors (Lipinski definition) is 2. The Kier molecular flexibility index (Phi) is 6.68. The zero-order valence-corrected chi connectivity index (χ0v) is 9.49. The summed E-state index contributed by atoms with van der Waals surface area (Å²) < 4.78 is 0. The van der Waals surface area contributed by atoms with Gasteiger partial charge in [0.05, 0.1) is 6.07 Å². The second kappa shape index (κ2) is 7.59. The highest BCUT2D eigenvalue weighted by molar-refractivity contribution is 5.33. The molecule has 0 spiro atoms. The van der Waals surface area contributed by atoms with E-state index in [1.54, 1.807) is 12.4 Å². The van der Waals surface area contributed by atoms with Crippen LogP contribution in [0.5, 0.6) is 0 Å². The molecule has 0 aromatic carbocycles. The molecule has 0 saturated heterocycles. The van der Waals surface area contributed by atoms with Crippen LogP contribution in [0.1, 0.15) is 44.2 Å². The molecule has 1 aromatic heterocycles. The van der Waals surface area contributed by atoms with Crippen LogP contribution in [-0.2, 0) is 0 Å². The van der Waals surface area contributed by atoms with Crippen LogP contribution >= 0.6 is 0 Å². The van der Waals surface area contributed by atoms with Crippen LogP contribution in [-0.4, -0.2) is 4.98 Å². The summed E-state index contributed by atoms with van der Waals surface area (Å²) in [6.45, 7) is 5.99. The van der Waals surface area contributed by atoms with E-state index < -0.39 is 0 Å². The number of aromatic nitrogens is 1. The highest BCUT2D eigenvalue weighted by atomic mass is 14.6. The molecule has 0 fully saturated rings. The molecule has 0 saturated carbocycles. The zero-order chi connectivity index (χ0) is 11.7. The lowest BCUT2D eigenvalue weighted by Gasteiger charge is -2.06. The summed E-state index contributed by atoms with van der Waals surface area (Å²) in [5.74, 6) is 2.72. The van der Waals surface area contributed by atoms with Crippen molar-refractivity contribution < 1.29 is 0 Å². The Balaban J connectivity index is 0.000000921. The van der Waals surface area contributed by atoms with Crippen molar-refractivity contribution in [1.82, 2.24) is 4.98 Å². The monoisotopic (exact) mass is 200 g/mol. The number of terminal acetylenes is 1. The Morgan fingerprint density at radius 2 is 2.13 bits per heavy atom. The summed E-state index contributed by atoms with van der Waals surface area (Å²) in [7, 11) is 0. The molecule has 2 nitrogen and oxygen atoms in total. The van der Waals surface area contributed by atoms with Crippen molar-refractivity contribution in [2.75, 3.05) is 0 Å². The minimum absolute atomic E-state index is 0.200. The molecule has 1 aromatic rings. The van der Waals surface area contributed by atoms with Crippen LogP contribution in [0, 0.1) is 23.7 Å². The third-order valence-corrected chi connectivity index (χ3v) is 1.89. The van der Waals surface area contributed by atoms with Crippen LogP contribution in [0.4, 0.5) is 0 Å². The highest BCUT2D eigenvalue weighted by Gasteiger charge is 2.04. The fourth-order valence-corrected chi connectivity index (χ4v) is 1.06. The topological polar surface area (TPSA) is 36.7 Å². The number of hydrogen-bond donors (Lipinski definition) is 0. The third kappa shape index (κ3) is 4.29. The molecule has 0 aliphatic heterocycles. The highest BCUT2D eigenvalue weighted by Crippen LogP contribution is 2.17. The first-order chi connectivity index (χ1) is 7.27. The molecule has 0 N–H and O–H groups in total. The summed E-state index contributed by atoms with van der Waals surface area (Å²) >= 11 is 0. The lowest BCUT2D eigenvalue weighted by Crippen LogP contribution is -1.93. The van der Waals surface area contributed by atoms with Gasteiger partial charge in [0.1, 0.15) is 0 Å². The Morgan fingerprint density at radius 1 is 1.47 bits per heavy atom. The third-order valence-electron chi connectivity index (χ3n) is 1.89. The summed E-state index contributed by atoms with van der Waals surface area (Å²) in [5, 5.41) is 8.51. The predicted octanol–water partition coefficient (Wildman–Crippen LogP) is 3.11. The zero-order valence-electron chi connectivity index (χ0n) is 9.49. The van der Waals surface area contributed by atoms with Crippen LogP contribution in [0.2, 0.25) is 0 Å². The van der Waals surface area contributed by atoms with Crippen LogP contribution in [0.3, 0.4) is 0 Å². The Morgan fingerprint density at radius 3 is 2.67 bits per heavy atom. The molecular weight excluding hydrogens is 184 g/mol. The van der Waals surface area contributed by atoms with Gasteiger partial charge in [-0.1, -0.05) is 26.7 Å². The average molecular weight is 200 g/mol. The first-order valence-corrected chi connectivity index (χ1v) is 5.06. The fourth-order valence-electron chi connectivity index (χ4n) is 1.06. The predicted molar refractivity (Wildman–Crippen MR) is 62.2 cm³/mol. The van der Waals surface area contributed by atoms with Gasteiger partial charge < -0.3 is 0 Å². The van der Waals surface area contributed by atoms with Gasteiger partial charge in [-0.3, -0.25) is 4.98 Å². The van der Waals surface area contributed by atoms with Gasteiger partial charge in [0.25, 0.3) is 0 Å². The Bertz CT molecular complexity index is 369. The van der Waals surface area contributed by atoms with Crippen LogP contribution < -0.4 is 0 Å². The Hall–Kier alpha value is -1.80. The van der Waals surface area contributed by atoms with Crippen molar-refractivity contribution in [2.24, 2.45) is 0 Å². The van der Waals surface area contributed by atoms with E-state index in [2.05, 4.69) is 17.0 Å². The average Bonchev–Trinajstić information content (AvgIpc) is 2.32. The number of nitrogens with zero attached hydrogens (tertiary/aromatic N) is 2. The fraction of sp³-hybridized carbons (Fsp3) is 0.385. The van der Waals surface area contributed by atoms with Crippen molar-refractivity contribution >= 4 is 0 Å². The van der Waals surface area contributed by atoms with E-state index in [1.165, 1.54) is 0 Å². The molecule has 0 radical (unpaired) electrons. The van der Waals surface area contributed by atoms with Gasteiger partial charge in [0.2, 0.25) is 0 Å². The normalized spacial score (nSPS) is 10.2. The minimum atomic E-state index is 0.200. The largest absolute Gasteiger partial charge is 0.263 e. The maximum Gasteiger partial charge on any atom is 0.0628 e. The van der Waals surface area contributed by atoms with Gasteiger partial charge in [-0.2, -0.15) is 5.26 Å². The molecule has 1 atom stereocenters. The van der Waals surface area contributed by atoms with Crippen molar-refractivity contribution in [2.45, 2.75) is 33.1 Å². The molecule has 15 heavy (non-hydrogen) atoms. The number of pyridine rings is 1. The smallest absolute Gasteiger partial charge is 0.0628 e. The molecule has 1 unspecified atom stereocenters. The van der Waals surface area contributed by atoms with E-state index >= 15 is 0 Å². The lowest BCUT2D eigenvalue weighted by molar-refractivity contribution is 0.783. The molecule has 0 bridgehead atoms. The van der Waals surface area contributed by atoms with Gasteiger partial charge in [-0.25, -0.2) is 0 Å². The van der Waals surface area contributed by atoms with Gasteiger partial charge in [0, 0.05) is 24.4 Å². The molecule has 2 heteroatoms. The van der Waals surface area contributed by atoms with E-state index in [-0.39, 0.29) is 5.92 Å². The quantitative estimate of drug-likeness (QED) is 0.688. The van der Waals surface area contributed by atoms with Gasteiger partial charge >= 0.3 is 0 Å². The maximum atomic E-state index is 8.51. The minimum Gasteiger partial charge on any atom is -0.263 e. The van der Waals surface area contributed by atoms with Crippen molar-refractivity contribution in [3.63, 3.8) is 0 Å². The van der Waals surface area contributed by atoms with Crippen molar-refractivity contribution in [3.8, 4) is 18.4 Å². The lowest BCUT2D eigenvalue weighted by atomic mass is 9.99. The van der Waals surface area contributed by atoms with E-state index in [0.29, 0.717) is 6.42 Å². The van der Waals surface area contributed by atoms with Gasteiger partial charge in [-0.15, -0.1) is 6.42 Å². The van der Waals surface area contributed by atoms with Gasteiger partial charge in [-0.05, 0) is 17.5 Å². The standard InChI is InChI=1S/C11H10N2.C2H6/c1-3-10-6-11(8-13-7-10)9(2)4-5-12;1-2/h1,6-9H,4H2,2H3;1-2H3. The molecule has 0 amide bonds. The molecule has 78 valence electrons. The second-order valence-electron chi connectivity index (χ2n) is 2.91. The van der Waals surface area contributed by atoms with E-state index in [4.69, 9.17) is 11.7 Å². The van der Waals surface area contributed by atoms with Gasteiger partial charge in [0.15, 0.2) is 0 Å². The van der Waals surface area contributed by atoms with E-state index in [9.17, 15) is 0 Å². The van der Waals surface area contributed by atoms with E-state index in [1.807, 2.05) is 26.8 Å². The molecule has 1 rings (SSSR count). The van der Waals surface area contributed by atoms with Crippen molar-refractivity contribution in [1.29, 1.82) is 5.26 Å². The van der Waals surface area contributed by atoms with Crippen LogP contribution in [0.25, 0.3) is 0 Å².